The summed E-state index contributed by atoms with van der Waals surface area (Å²) in [6.45, 7) is 0. The van der Waals surface area contributed by atoms with Gasteiger partial charge in [0.15, 0.2) is 5.76 Å². The quantitative estimate of drug-likeness (QED) is 0.561. The maximum atomic E-state index is 9.50. The molecular formula is C16H11N3O2. The molecule has 4 rings (SSSR count). The van der Waals surface area contributed by atoms with Crippen molar-refractivity contribution in [2.75, 3.05) is 0 Å². The third-order valence-electron chi connectivity index (χ3n) is 3.42. The van der Waals surface area contributed by atoms with Gasteiger partial charge in [-0.15, -0.1) is 0 Å². The topological polar surface area (TPSA) is 74.5 Å². The molecule has 0 radical (unpaired) electrons. The van der Waals surface area contributed by atoms with Crippen molar-refractivity contribution in [1.82, 2.24) is 9.38 Å². The summed E-state index contributed by atoms with van der Waals surface area (Å²) in [6, 6.07) is 12.2. The Balaban J connectivity index is 1.97. The highest BCUT2D eigenvalue weighted by atomic mass is 16.3. The van der Waals surface area contributed by atoms with Gasteiger partial charge < -0.3 is 13.9 Å². The molecule has 3 heterocycles. The molecule has 2 N–H and O–H groups in total. The van der Waals surface area contributed by atoms with Crippen LogP contribution in [-0.4, -0.2) is 14.5 Å². The van der Waals surface area contributed by atoms with Crippen LogP contribution in [0.3, 0.4) is 0 Å². The molecule has 5 heteroatoms. The Kier molecular flexibility index (Phi) is 2.35. The van der Waals surface area contributed by atoms with Gasteiger partial charge in [0.2, 0.25) is 0 Å². The smallest absolute Gasteiger partial charge is 0.155 e. The first kappa shape index (κ1) is 11.7. The predicted molar refractivity (Wildman–Crippen MR) is 77.9 cm³/mol. The van der Waals surface area contributed by atoms with Gasteiger partial charge in [0.1, 0.15) is 17.0 Å². The number of phenols is 1. The SMILES string of the molecule is N=c1cc(-c2cc3cccn3cn2)oc2ccc(O)cc12. The fourth-order valence-corrected chi connectivity index (χ4v) is 2.37. The van der Waals surface area contributed by atoms with Gasteiger partial charge in [-0.1, -0.05) is 0 Å². The van der Waals surface area contributed by atoms with E-state index in [2.05, 4.69) is 4.98 Å². The van der Waals surface area contributed by atoms with Gasteiger partial charge in [0.25, 0.3) is 0 Å². The molecule has 0 aliphatic carbocycles. The summed E-state index contributed by atoms with van der Waals surface area (Å²) in [4.78, 5) is 4.35. The molecule has 1 aromatic carbocycles. The second-order valence-corrected chi connectivity index (χ2v) is 4.82. The summed E-state index contributed by atoms with van der Waals surface area (Å²) in [6.07, 6.45) is 3.63. The van der Waals surface area contributed by atoms with Gasteiger partial charge in [-0.3, -0.25) is 5.41 Å². The molecule has 3 aromatic heterocycles. The van der Waals surface area contributed by atoms with Crippen molar-refractivity contribution >= 4 is 16.5 Å². The fourth-order valence-electron chi connectivity index (χ4n) is 2.37. The van der Waals surface area contributed by atoms with Crippen LogP contribution in [0.4, 0.5) is 0 Å². The Morgan fingerprint density at radius 1 is 1.14 bits per heavy atom. The van der Waals surface area contributed by atoms with Crippen molar-refractivity contribution in [3.05, 3.63) is 60.3 Å². The highest BCUT2D eigenvalue weighted by Crippen LogP contribution is 2.23. The summed E-state index contributed by atoms with van der Waals surface area (Å²) in [7, 11) is 0. The van der Waals surface area contributed by atoms with Gasteiger partial charge in [0, 0.05) is 23.2 Å². The van der Waals surface area contributed by atoms with Gasteiger partial charge in [-0.2, -0.15) is 0 Å². The zero-order valence-electron chi connectivity index (χ0n) is 10.9. The number of nitrogens with one attached hydrogen (secondary N) is 1. The number of fused-ring (bicyclic) bond motifs is 2. The second-order valence-electron chi connectivity index (χ2n) is 4.82. The monoisotopic (exact) mass is 277 g/mol. The number of hydrogen-bond donors (Lipinski definition) is 2. The van der Waals surface area contributed by atoms with Crippen LogP contribution in [0, 0.1) is 5.41 Å². The molecule has 102 valence electrons. The second kappa shape index (κ2) is 4.21. The molecule has 0 aliphatic heterocycles. The molecule has 0 amide bonds. The number of benzene rings is 1. The zero-order valence-corrected chi connectivity index (χ0v) is 10.9. The average molecular weight is 277 g/mol. The third kappa shape index (κ3) is 1.87. The Bertz CT molecular complexity index is 1030. The van der Waals surface area contributed by atoms with Gasteiger partial charge in [-0.05, 0) is 36.4 Å². The zero-order chi connectivity index (χ0) is 14.4. The van der Waals surface area contributed by atoms with E-state index in [0.29, 0.717) is 27.8 Å². The van der Waals surface area contributed by atoms with Crippen LogP contribution in [0.1, 0.15) is 0 Å². The lowest BCUT2D eigenvalue weighted by molar-refractivity contribution is 0.475. The first-order valence-electron chi connectivity index (χ1n) is 6.45. The predicted octanol–water partition coefficient (Wildman–Crippen LogP) is 2.93. The van der Waals surface area contributed by atoms with Crippen LogP contribution in [0.5, 0.6) is 5.75 Å². The van der Waals surface area contributed by atoms with Crippen molar-refractivity contribution in [2.24, 2.45) is 0 Å². The van der Waals surface area contributed by atoms with Crippen molar-refractivity contribution in [3.63, 3.8) is 0 Å². The van der Waals surface area contributed by atoms with Crippen molar-refractivity contribution < 1.29 is 9.52 Å². The van der Waals surface area contributed by atoms with Crippen LogP contribution < -0.4 is 5.36 Å². The Morgan fingerprint density at radius 3 is 2.95 bits per heavy atom. The van der Waals surface area contributed by atoms with Gasteiger partial charge in [-0.25, -0.2) is 4.98 Å². The Hall–Kier alpha value is -3.08. The fraction of sp³-hybridized carbons (Fsp3) is 0. The largest absolute Gasteiger partial charge is 0.508 e. The van der Waals surface area contributed by atoms with Crippen LogP contribution in [0.25, 0.3) is 27.9 Å². The molecule has 0 atom stereocenters. The first-order chi connectivity index (χ1) is 10.2. The number of aromatic nitrogens is 2. The van der Waals surface area contributed by atoms with E-state index < -0.39 is 0 Å². The van der Waals surface area contributed by atoms with E-state index in [-0.39, 0.29) is 5.75 Å². The standard InChI is InChI=1S/C16H11N3O2/c17-13-8-16(21-15-4-3-11(20)7-12(13)15)14-6-10-2-1-5-19(10)9-18-14/h1-9,17,20H. The summed E-state index contributed by atoms with van der Waals surface area (Å²) < 4.78 is 7.71. The van der Waals surface area contributed by atoms with E-state index in [0.717, 1.165) is 5.52 Å². The number of nitrogens with zero attached hydrogens (tertiary/aromatic N) is 2. The average Bonchev–Trinajstić information content (AvgIpc) is 2.95. The van der Waals surface area contributed by atoms with E-state index in [4.69, 9.17) is 9.83 Å². The molecule has 0 fully saturated rings. The first-order valence-corrected chi connectivity index (χ1v) is 6.45. The van der Waals surface area contributed by atoms with Crippen LogP contribution >= 0.6 is 0 Å². The molecule has 0 saturated heterocycles. The lowest BCUT2D eigenvalue weighted by Crippen LogP contribution is -2.01. The number of hydrogen-bond acceptors (Lipinski definition) is 4. The highest BCUT2D eigenvalue weighted by molar-refractivity contribution is 5.79. The van der Waals surface area contributed by atoms with Crippen molar-refractivity contribution in [1.29, 1.82) is 5.41 Å². The molecule has 0 unspecified atom stereocenters. The molecule has 0 saturated carbocycles. The van der Waals surface area contributed by atoms with Crippen molar-refractivity contribution in [3.8, 4) is 17.2 Å². The summed E-state index contributed by atoms with van der Waals surface area (Å²) in [5.74, 6) is 0.647. The molecule has 5 nitrogen and oxygen atoms in total. The van der Waals surface area contributed by atoms with Crippen molar-refractivity contribution in [2.45, 2.75) is 0 Å². The molecule has 0 spiro atoms. The van der Waals surface area contributed by atoms with Gasteiger partial charge >= 0.3 is 0 Å². The Morgan fingerprint density at radius 2 is 2.05 bits per heavy atom. The molecule has 0 bridgehead atoms. The van der Waals surface area contributed by atoms with E-state index >= 15 is 0 Å². The lowest BCUT2D eigenvalue weighted by Gasteiger charge is -2.04. The van der Waals surface area contributed by atoms with E-state index in [1.165, 1.54) is 6.07 Å². The van der Waals surface area contributed by atoms with Crippen LogP contribution in [0.15, 0.2) is 59.4 Å². The Labute approximate surface area is 119 Å². The lowest BCUT2D eigenvalue weighted by atomic mass is 10.2. The maximum absolute atomic E-state index is 9.50. The molecular weight excluding hydrogens is 266 g/mol. The minimum atomic E-state index is 0.117. The van der Waals surface area contributed by atoms with Gasteiger partial charge in [0.05, 0.1) is 11.7 Å². The minimum absolute atomic E-state index is 0.117. The normalized spacial score (nSPS) is 11.2. The van der Waals surface area contributed by atoms with E-state index in [1.54, 1.807) is 24.5 Å². The third-order valence-corrected chi connectivity index (χ3v) is 3.42. The number of aromatic hydroxyl groups is 1. The van der Waals surface area contributed by atoms with E-state index in [9.17, 15) is 5.11 Å². The number of phenolic OH excluding ortho intramolecular Hbond substituents is 1. The highest BCUT2D eigenvalue weighted by Gasteiger charge is 2.08. The van der Waals surface area contributed by atoms with Crippen LogP contribution in [-0.2, 0) is 0 Å². The summed E-state index contributed by atoms with van der Waals surface area (Å²) in [5, 5.41) is 18.4. The molecule has 21 heavy (non-hydrogen) atoms. The summed E-state index contributed by atoms with van der Waals surface area (Å²) >= 11 is 0. The summed E-state index contributed by atoms with van der Waals surface area (Å²) in [5.41, 5.74) is 2.23. The number of rotatable bonds is 1. The molecule has 0 aliphatic rings. The van der Waals surface area contributed by atoms with E-state index in [1.807, 2.05) is 28.8 Å². The molecule has 4 aromatic rings. The maximum Gasteiger partial charge on any atom is 0.155 e. The minimum Gasteiger partial charge on any atom is -0.508 e. The van der Waals surface area contributed by atoms with Crippen LogP contribution in [0.2, 0.25) is 0 Å².